The van der Waals surface area contributed by atoms with E-state index >= 15 is 0 Å². The van der Waals surface area contributed by atoms with Crippen molar-refractivity contribution in [2.24, 2.45) is 0 Å². The number of methoxy groups -OCH3 is 1. The summed E-state index contributed by atoms with van der Waals surface area (Å²) >= 11 is 0. The van der Waals surface area contributed by atoms with Crippen LogP contribution in [-0.2, 0) is 16.8 Å². The van der Waals surface area contributed by atoms with Crippen molar-refractivity contribution in [1.82, 2.24) is 5.32 Å². The van der Waals surface area contributed by atoms with Crippen LogP contribution in [0.1, 0.15) is 30.9 Å². The summed E-state index contributed by atoms with van der Waals surface area (Å²) in [6.07, 6.45) is 2.35. The molecule has 2 aromatic rings. The summed E-state index contributed by atoms with van der Waals surface area (Å²) in [6, 6.07) is 12.8. The molecule has 6 heteroatoms. The molecule has 0 aliphatic heterocycles. The molecule has 0 aromatic heterocycles. The Balaban J connectivity index is 1.54. The zero-order valence-corrected chi connectivity index (χ0v) is 16.4. The smallest absolute Gasteiger partial charge is 0.258 e. The highest BCUT2D eigenvalue weighted by Crippen LogP contribution is 2.36. The molecule has 28 heavy (non-hydrogen) atoms. The third-order valence-corrected chi connectivity index (χ3v) is 4.93. The molecule has 0 bridgehead atoms. The molecule has 1 unspecified atom stereocenters. The van der Waals surface area contributed by atoms with E-state index in [-0.39, 0.29) is 19.1 Å². The normalized spacial score (nSPS) is 18.1. The number of benzene rings is 2. The summed E-state index contributed by atoms with van der Waals surface area (Å²) in [6.45, 7) is 2.56. The van der Waals surface area contributed by atoms with Crippen molar-refractivity contribution in [1.29, 1.82) is 0 Å². The van der Waals surface area contributed by atoms with Gasteiger partial charge in [0.25, 0.3) is 5.91 Å². The number of ether oxygens (including phenoxy) is 3. The molecule has 1 aliphatic rings. The van der Waals surface area contributed by atoms with E-state index in [0.29, 0.717) is 18.8 Å². The average Bonchev–Trinajstić information content (AvgIpc) is 2.72. The van der Waals surface area contributed by atoms with E-state index in [9.17, 15) is 9.90 Å². The zero-order chi connectivity index (χ0) is 20.0. The van der Waals surface area contributed by atoms with Crippen molar-refractivity contribution in [3.63, 3.8) is 0 Å². The van der Waals surface area contributed by atoms with Gasteiger partial charge in [-0.1, -0.05) is 6.07 Å². The summed E-state index contributed by atoms with van der Waals surface area (Å²) in [5, 5.41) is 13.9. The second kappa shape index (κ2) is 8.97. The van der Waals surface area contributed by atoms with Crippen LogP contribution in [0, 0.1) is 0 Å². The van der Waals surface area contributed by atoms with Gasteiger partial charge in [0, 0.05) is 0 Å². The lowest BCUT2D eigenvalue weighted by molar-refractivity contribution is -0.124. The second-order valence-corrected chi connectivity index (χ2v) is 6.88. The molecule has 0 radical (unpaired) electrons. The molecule has 0 saturated heterocycles. The van der Waals surface area contributed by atoms with E-state index < -0.39 is 5.60 Å². The summed E-state index contributed by atoms with van der Waals surface area (Å²) in [5.74, 6) is 1.85. The SMILES string of the molecule is CCOc1ccc(OCC(=O)NCC2(O)CCCc3cc(OC)ccc32)cc1. The van der Waals surface area contributed by atoms with Crippen molar-refractivity contribution in [2.75, 3.05) is 26.9 Å². The maximum absolute atomic E-state index is 12.2. The first kappa shape index (κ1) is 20.0. The Morgan fingerprint density at radius 3 is 2.46 bits per heavy atom. The quantitative estimate of drug-likeness (QED) is 0.731. The molecule has 1 amide bonds. The Kier molecular flexibility index (Phi) is 6.41. The summed E-state index contributed by atoms with van der Waals surface area (Å²) < 4.78 is 16.1. The van der Waals surface area contributed by atoms with Gasteiger partial charge >= 0.3 is 0 Å². The average molecular weight is 385 g/mol. The van der Waals surface area contributed by atoms with Crippen molar-refractivity contribution < 1.29 is 24.1 Å². The number of hydrogen-bond donors (Lipinski definition) is 2. The fourth-order valence-corrected chi connectivity index (χ4v) is 3.49. The first-order valence-electron chi connectivity index (χ1n) is 9.56. The number of rotatable bonds is 8. The lowest BCUT2D eigenvalue weighted by Gasteiger charge is -2.34. The number of aryl methyl sites for hydroxylation is 1. The van der Waals surface area contributed by atoms with Gasteiger partial charge in [-0.05, 0) is 73.7 Å². The van der Waals surface area contributed by atoms with Gasteiger partial charge in [-0.2, -0.15) is 0 Å². The highest BCUT2D eigenvalue weighted by Gasteiger charge is 2.34. The molecule has 0 spiro atoms. The number of nitrogens with one attached hydrogen (secondary N) is 1. The van der Waals surface area contributed by atoms with Crippen LogP contribution in [0.25, 0.3) is 0 Å². The molecule has 1 atom stereocenters. The van der Waals surface area contributed by atoms with Gasteiger partial charge in [-0.25, -0.2) is 0 Å². The predicted octanol–water partition coefficient (Wildman–Crippen LogP) is 2.81. The van der Waals surface area contributed by atoms with Gasteiger partial charge < -0.3 is 24.6 Å². The zero-order valence-electron chi connectivity index (χ0n) is 16.4. The number of carbonyl (C=O) groups excluding carboxylic acids is 1. The highest BCUT2D eigenvalue weighted by molar-refractivity contribution is 5.77. The first-order valence-corrected chi connectivity index (χ1v) is 9.56. The molecule has 1 aliphatic carbocycles. The van der Waals surface area contributed by atoms with Crippen LogP contribution in [0.4, 0.5) is 0 Å². The Morgan fingerprint density at radius 1 is 1.11 bits per heavy atom. The van der Waals surface area contributed by atoms with Crippen LogP contribution in [0.3, 0.4) is 0 Å². The van der Waals surface area contributed by atoms with Gasteiger partial charge in [-0.3, -0.25) is 4.79 Å². The van der Waals surface area contributed by atoms with E-state index in [2.05, 4.69) is 5.32 Å². The van der Waals surface area contributed by atoms with Crippen LogP contribution in [0.2, 0.25) is 0 Å². The van der Waals surface area contributed by atoms with E-state index in [1.165, 1.54) is 0 Å². The van der Waals surface area contributed by atoms with Crippen LogP contribution in [0.5, 0.6) is 17.2 Å². The summed E-state index contributed by atoms with van der Waals surface area (Å²) in [5.41, 5.74) is 0.842. The first-order chi connectivity index (χ1) is 13.5. The van der Waals surface area contributed by atoms with Gasteiger partial charge in [-0.15, -0.1) is 0 Å². The molecule has 2 aromatic carbocycles. The second-order valence-electron chi connectivity index (χ2n) is 6.88. The number of carbonyl (C=O) groups is 1. The van der Waals surface area contributed by atoms with E-state index in [1.807, 2.05) is 25.1 Å². The minimum absolute atomic E-state index is 0.112. The number of hydrogen-bond acceptors (Lipinski definition) is 5. The van der Waals surface area contributed by atoms with Crippen LogP contribution in [-0.4, -0.2) is 37.9 Å². The maximum atomic E-state index is 12.2. The van der Waals surface area contributed by atoms with Crippen molar-refractivity contribution in [3.05, 3.63) is 53.6 Å². The third-order valence-electron chi connectivity index (χ3n) is 4.93. The van der Waals surface area contributed by atoms with E-state index in [0.717, 1.165) is 35.5 Å². The Labute approximate surface area is 165 Å². The Bertz CT molecular complexity index is 805. The van der Waals surface area contributed by atoms with Gasteiger partial charge in [0.2, 0.25) is 0 Å². The van der Waals surface area contributed by atoms with Crippen LogP contribution >= 0.6 is 0 Å². The Morgan fingerprint density at radius 2 is 1.79 bits per heavy atom. The number of amides is 1. The predicted molar refractivity (Wildman–Crippen MR) is 106 cm³/mol. The number of fused-ring (bicyclic) bond motifs is 1. The van der Waals surface area contributed by atoms with Gasteiger partial charge in [0.05, 0.1) is 20.3 Å². The standard InChI is InChI=1S/C22H27NO5/c1-3-27-17-6-8-18(9-7-17)28-14-21(24)23-15-22(25)12-4-5-16-13-19(26-2)10-11-20(16)22/h6-11,13,25H,3-5,12,14-15H2,1-2H3,(H,23,24). The monoisotopic (exact) mass is 385 g/mol. The van der Waals surface area contributed by atoms with Crippen LogP contribution < -0.4 is 19.5 Å². The largest absolute Gasteiger partial charge is 0.497 e. The molecule has 150 valence electrons. The fraction of sp³-hybridized carbons (Fsp3) is 0.409. The molecule has 2 N–H and O–H groups in total. The summed E-state index contributed by atoms with van der Waals surface area (Å²) in [7, 11) is 1.63. The van der Waals surface area contributed by atoms with E-state index in [4.69, 9.17) is 14.2 Å². The van der Waals surface area contributed by atoms with Crippen molar-refractivity contribution in [3.8, 4) is 17.2 Å². The topological polar surface area (TPSA) is 77.0 Å². The maximum Gasteiger partial charge on any atom is 0.258 e. The van der Waals surface area contributed by atoms with Crippen molar-refractivity contribution >= 4 is 5.91 Å². The van der Waals surface area contributed by atoms with Gasteiger partial charge in [0.1, 0.15) is 22.8 Å². The molecule has 6 nitrogen and oxygen atoms in total. The third kappa shape index (κ3) is 4.75. The molecular formula is C22H27NO5. The lowest BCUT2D eigenvalue weighted by Crippen LogP contribution is -2.44. The van der Waals surface area contributed by atoms with Gasteiger partial charge in [0.15, 0.2) is 6.61 Å². The molecule has 0 fully saturated rings. The summed E-state index contributed by atoms with van der Waals surface area (Å²) in [4.78, 5) is 12.2. The minimum atomic E-state index is -1.07. The minimum Gasteiger partial charge on any atom is -0.497 e. The fourth-order valence-electron chi connectivity index (χ4n) is 3.49. The van der Waals surface area contributed by atoms with Crippen molar-refractivity contribution in [2.45, 2.75) is 31.8 Å². The molecule has 0 saturated carbocycles. The molecule has 0 heterocycles. The lowest BCUT2D eigenvalue weighted by atomic mass is 9.79. The number of aliphatic hydroxyl groups is 1. The highest BCUT2D eigenvalue weighted by atomic mass is 16.5. The Hall–Kier alpha value is -2.73. The van der Waals surface area contributed by atoms with Crippen LogP contribution in [0.15, 0.2) is 42.5 Å². The van der Waals surface area contributed by atoms with E-state index in [1.54, 1.807) is 31.4 Å². The molecular weight excluding hydrogens is 358 g/mol. The molecule has 3 rings (SSSR count).